The fourth-order valence-corrected chi connectivity index (χ4v) is 5.12. The molecule has 0 atom stereocenters. The number of benzene rings is 1. The first-order valence-corrected chi connectivity index (χ1v) is 17.3. The van der Waals surface area contributed by atoms with Crippen LogP contribution in [0.15, 0.2) is 63.9 Å². The van der Waals surface area contributed by atoms with Crippen molar-refractivity contribution in [3.63, 3.8) is 0 Å². The second-order valence-electron chi connectivity index (χ2n) is 13.7. The number of Topliss-reactive ketones (excluding diaryl/α,β-unsaturated/α-hetero) is 4. The van der Waals surface area contributed by atoms with Gasteiger partial charge in [-0.3, -0.25) is 14.4 Å². The van der Waals surface area contributed by atoms with E-state index in [0.717, 1.165) is 0 Å². The maximum atomic E-state index is 12.6. The first-order chi connectivity index (χ1) is 26.8. The Morgan fingerprint density at radius 2 is 1.25 bits per heavy atom. The molecule has 0 spiro atoms. The van der Waals surface area contributed by atoms with Gasteiger partial charge in [-0.25, -0.2) is 24.2 Å². The first-order valence-electron chi connectivity index (χ1n) is 17.3. The first kappa shape index (κ1) is 43.9. The molecule has 17 heteroatoms. The molecule has 3 aliphatic rings. The molecule has 17 nitrogen and oxygen atoms in total. The molecule has 0 aliphatic heterocycles. The largest absolute Gasteiger partial charge is 0.455 e. The van der Waals surface area contributed by atoms with E-state index < -0.39 is 87.2 Å². The summed E-state index contributed by atoms with van der Waals surface area (Å²) in [6.45, 7) is 37.9. The topological polar surface area (TPSA) is 209 Å². The van der Waals surface area contributed by atoms with Gasteiger partial charge < -0.3 is 44.6 Å². The highest BCUT2D eigenvalue weighted by atomic mass is 16.5. The summed E-state index contributed by atoms with van der Waals surface area (Å²) in [4.78, 5) is 110. The Morgan fingerprint density at radius 1 is 0.719 bits per heavy atom. The van der Waals surface area contributed by atoms with Gasteiger partial charge in [-0.1, -0.05) is 32.1 Å². The van der Waals surface area contributed by atoms with E-state index in [0.29, 0.717) is 19.3 Å². The molecule has 1 aromatic rings. The molecule has 0 radical (unpaired) electrons. The van der Waals surface area contributed by atoms with Crippen LogP contribution in [-0.2, 0) is 33.4 Å². The number of carbonyl (C=O) groups excluding carboxylic acids is 8. The van der Waals surface area contributed by atoms with Crippen LogP contribution < -0.4 is 16.0 Å². The third-order valence-electron chi connectivity index (χ3n) is 9.27. The number of urea groups is 1. The summed E-state index contributed by atoms with van der Waals surface area (Å²) in [6.07, 6.45) is 3.29. The Kier molecular flexibility index (Phi) is 14.0. The second kappa shape index (κ2) is 18.2. The SMILES string of the molecule is [C-]#[N+]C1=C([N+]#[C-])C(=O)C2=C(CCC=C2NC(=O)NCOC(=O)C(C)(C)CC)C1=O.[C-]#[N+]C1=C([N+]#[C-])C(=O)c2c(NC(=O)COC(=O)C(C)(C)CC)cccc2C1=O. The van der Waals surface area contributed by atoms with E-state index in [4.69, 9.17) is 35.8 Å². The van der Waals surface area contributed by atoms with Crippen molar-refractivity contribution in [3.05, 3.63) is 121 Å². The Morgan fingerprint density at radius 3 is 1.81 bits per heavy atom. The molecule has 3 aliphatic carbocycles. The molecular formula is C40H37N7O10. The number of ether oxygens (including phenoxy) is 2. The van der Waals surface area contributed by atoms with Crippen LogP contribution in [-0.4, -0.2) is 60.3 Å². The van der Waals surface area contributed by atoms with Crippen LogP contribution in [0.4, 0.5) is 10.5 Å². The second-order valence-corrected chi connectivity index (χ2v) is 13.7. The van der Waals surface area contributed by atoms with Crippen LogP contribution in [0.2, 0.25) is 0 Å². The fraction of sp³-hybridized carbons (Fsp3) is 0.350. The van der Waals surface area contributed by atoms with E-state index in [1.807, 2.05) is 13.8 Å². The minimum atomic E-state index is -0.810. The highest BCUT2D eigenvalue weighted by Crippen LogP contribution is 2.36. The van der Waals surface area contributed by atoms with Crippen molar-refractivity contribution >= 4 is 52.7 Å². The minimum Gasteiger partial charge on any atom is -0.455 e. The lowest BCUT2D eigenvalue weighted by molar-refractivity contribution is -0.156. The van der Waals surface area contributed by atoms with Crippen molar-refractivity contribution < 1.29 is 47.8 Å². The summed E-state index contributed by atoms with van der Waals surface area (Å²) in [5.74, 6) is -4.68. The van der Waals surface area contributed by atoms with Crippen LogP contribution in [0.3, 0.4) is 0 Å². The smallest absolute Gasteiger partial charge is 0.321 e. The molecule has 0 aromatic heterocycles. The predicted octanol–water partition coefficient (Wildman–Crippen LogP) is 5.43. The number of hydrogen-bond acceptors (Lipinski definition) is 10. The molecule has 0 saturated heterocycles. The zero-order chi connectivity index (χ0) is 42.8. The summed E-state index contributed by atoms with van der Waals surface area (Å²) in [5.41, 5.74) is -3.64. The lowest BCUT2D eigenvalue weighted by Gasteiger charge is -2.24. The van der Waals surface area contributed by atoms with Crippen molar-refractivity contribution in [2.45, 2.75) is 67.2 Å². The fourth-order valence-electron chi connectivity index (χ4n) is 5.12. The molecule has 3 N–H and O–H groups in total. The Hall–Kier alpha value is -7.50. The standard InChI is InChI=1S/C20H20N4O5.C20H17N3O5/c1-6-20(2,3)18(27)29-10-23-19(28)24-12-9-7-8-11-13(12)17(26)15(22-5)14(21-4)16(11)25;1-6-20(2,3)19(27)28-10-13(24)23-12-9-7-8-11-14(12)18(26)16(22-5)15(21-4)17(11)25/h9H,6-8,10H2,1-3H3,(H2,23,24,28);7-9H,6,10H2,1-3H3,(H,23,24). The number of allylic oxidation sites excluding steroid dienone is 6. The molecule has 1 aromatic carbocycles. The number of amides is 3. The van der Waals surface area contributed by atoms with E-state index in [-0.39, 0.29) is 46.8 Å². The highest BCUT2D eigenvalue weighted by molar-refractivity contribution is 6.31. The Bertz CT molecular complexity index is 2300. The van der Waals surface area contributed by atoms with Crippen LogP contribution >= 0.6 is 0 Å². The van der Waals surface area contributed by atoms with Gasteiger partial charge in [0, 0.05) is 22.4 Å². The van der Waals surface area contributed by atoms with Crippen molar-refractivity contribution in [2.75, 3.05) is 18.7 Å². The minimum absolute atomic E-state index is 0.0110. The normalized spacial score (nSPS) is 14.9. The van der Waals surface area contributed by atoms with Crippen molar-refractivity contribution in [1.82, 2.24) is 10.6 Å². The summed E-state index contributed by atoms with van der Waals surface area (Å²) in [5, 5.41) is 7.24. The van der Waals surface area contributed by atoms with Crippen LogP contribution in [0.1, 0.15) is 87.9 Å². The molecule has 0 heterocycles. The molecule has 0 unspecified atom stereocenters. The Balaban J connectivity index is 0.000000306. The maximum Gasteiger partial charge on any atom is 0.321 e. The summed E-state index contributed by atoms with van der Waals surface area (Å²) in [7, 11) is 0. The number of ketones is 4. The van der Waals surface area contributed by atoms with Crippen molar-refractivity contribution in [1.29, 1.82) is 0 Å². The number of fused-ring (bicyclic) bond motifs is 1. The lowest BCUT2D eigenvalue weighted by Crippen LogP contribution is -2.40. The molecule has 0 fully saturated rings. The number of carbonyl (C=O) groups is 8. The third kappa shape index (κ3) is 9.42. The van der Waals surface area contributed by atoms with Gasteiger partial charge in [0.25, 0.3) is 5.91 Å². The zero-order valence-corrected chi connectivity index (χ0v) is 31.9. The van der Waals surface area contributed by atoms with E-state index in [9.17, 15) is 38.4 Å². The van der Waals surface area contributed by atoms with Gasteiger partial charge in [0.05, 0.1) is 42.8 Å². The van der Waals surface area contributed by atoms with Crippen molar-refractivity contribution in [3.8, 4) is 0 Å². The van der Waals surface area contributed by atoms with Gasteiger partial charge in [-0.05, 0) is 65.0 Å². The summed E-state index contributed by atoms with van der Waals surface area (Å²) < 4.78 is 10.0. The molecule has 3 amide bonds. The van der Waals surface area contributed by atoms with Crippen LogP contribution in [0.25, 0.3) is 19.4 Å². The zero-order valence-electron chi connectivity index (χ0n) is 31.9. The van der Waals surface area contributed by atoms with E-state index >= 15 is 0 Å². The number of hydrogen-bond donors (Lipinski definition) is 3. The van der Waals surface area contributed by atoms with Gasteiger partial charge in [-0.15, -0.1) is 0 Å². The predicted molar refractivity (Wildman–Crippen MR) is 200 cm³/mol. The quantitative estimate of drug-likeness (QED) is 0.119. The van der Waals surface area contributed by atoms with E-state index in [1.54, 1.807) is 33.8 Å². The molecule has 0 saturated carbocycles. The average molecular weight is 776 g/mol. The number of nitrogens with zero attached hydrogens (tertiary/aromatic N) is 4. The molecule has 0 bridgehead atoms. The number of nitrogens with one attached hydrogen (secondary N) is 3. The van der Waals surface area contributed by atoms with Crippen LogP contribution in [0, 0.1) is 37.1 Å². The number of esters is 2. The monoisotopic (exact) mass is 775 g/mol. The lowest BCUT2D eigenvalue weighted by atomic mass is 9.83. The maximum absolute atomic E-state index is 12.6. The van der Waals surface area contributed by atoms with Gasteiger partial charge in [0.1, 0.15) is 0 Å². The summed E-state index contributed by atoms with van der Waals surface area (Å²) in [6, 6.07) is 3.44. The number of anilines is 1. The van der Waals surface area contributed by atoms with Gasteiger partial charge in [0.2, 0.25) is 22.8 Å². The molecule has 292 valence electrons. The molecular weight excluding hydrogens is 738 g/mol. The summed E-state index contributed by atoms with van der Waals surface area (Å²) >= 11 is 0. The Labute approximate surface area is 328 Å². The van der Waals surface area contributed by atoms with Gasteiger partial charge in [0.15, 0.2) is 36.5 Å². The van der Waals surface area contributed by atoms with Crippen LogP contribution in [0.5, 0.6) is 0 Å². The molecule has 4 rings (SSSR count). The van der Waals surface area contributed by atoms with E-state index in [1.165, 1.54) is 18.2 Å². The number of rotatable bonds is 10. The van der Waals surface area contributed by atoms with Gasteiger partial charge in [-0.2, -0.15) is 0 Å². The van der Waals surface area contributed by atoms with Gasteiger partial charge >= 0.3 is 18.0 Å². The van der Waals surface area contributed by atoms with E-state index in [2.05, 4.69) is 35.3 Å². The average Bonchev–Trinajstić information content (AvgIpc) is 3.19. The molecule has 57 heavy (non-hydrogen) atoms. The third-order valence-corrected chi connectivity index (χ3v) is 9.27. The highest BCUT2D eigenvalue weighted by Gasteiger charge is 2.39. The van der Waals surface area contributed by atoms with Crippen molar-refractivity contribution in [2.24, 2.45) is 10.8 Å².